The quantitative estimate of drug-likeness (QED) is 0.751. The molecule has 0 spiro atoms. The van der Waals surface area contributed by atoms with Gasteiger partial charge in [0.05, 0.1) is 5.56 Å². The van der Waals surface area contributed by atoms with Crippen LogP contribution in [0.2, 0.25) is 0 Å². The zero-order chi connectivity index (χ0) is 12.5. The van der Waals surface area contributed by atoms with Crippen LogP contribution in [-0.4, -0.2) is 23.1 Å². The van der Waals surface area contributed by atoms with Crippen LogP contribution in [0, 0.1) is 0 Å². The monoisotopic (exact) mass is 234 g/mol. The molecule has 0 aliphatic carbocycles. The Labute approximate surface area is 101 Å². The number of hydrogen-bond donors (Lipinski definition) is 1. The minimum Gasteiger partial charge on any atom is -0.456 e. The molecule has 1 aliphatic heterocycles. The number of pyridine rings is 1. The fourth-order valence-electron chi connectivity index (χ4n) is 1.90. The number of nitrogens with one attached hydrogen (secondary N) is 1. The highest BCUT2D eigenvalue weighted by molar-refractivity contribution is 5.91. The summed E-state index contributed by atoms with van der Waals surface area (Å²) < 4.78 is 5.38. The van der Waals surface area contributed by atoms with Crippen LogP contribution in [0.4, 0.5) is 0 Å². The number of esters is 1. The molecule has 1 N–H and O–H groups in total. The Morgan fingerprint density at radius 1 is 1.41 bits per heavy atom. The fourth-order valence-corrected chi connectivity index (χ4v) is 1.90. The summed E-state index contributed by atoms with van der Waals surface area (Å²) in [6.07, 6.45) is 4.35. The second-order valence-electron chi connectivity index (χ2n) is 5.25. The maximum atomic E-state index is 12.0. The van der Waals surface area contributed by atoms with Crippen molar-refractivity contribution >= 4 is 5.97 Å². The molecule has 0 fully saturated rings. The van der Waals surface area contributed by atoms with Gasteiger partial charge in [-0.25, -0.2) is 4.79 Å². The number of hydrogen-bond acceptors (Lipinski definition) is 4. The highest BCUT2D eigenvalue weighted by atomic mass is 16.6. The molecule has 0 saturated carbocycles. The van der Waals surface area contributed by atoms with E-state index in [4.69, 9.17) is 4.74 Å². The molecular weight excluding hydrogens is 216 g/mol. The van der Waals surface area contributed by atoms with Gasteiger partial charge in [0.2, 0.25) is 0 Å². The average molecular weight is 234 g/mol. The van der Waals surface area contributed by atoms with Crippen LogP contribution < -0.4 is 5.32 Å². The minimum absolute atomic E-state index is 0.287. The molecule has 0 unspecified atom stereocenters. The van der Waals surface area contributed by atoms with E-state index in [1.807, 2.05) is 27.0 Å². The van der Waals surface area contributed by atoms with Crippen molar-refractivity contribution in [3.05, 3.63) is 29.1 Å². The SMILES string of the molecule is CC(C)(C)OC(=O)c1cncc2c1CNCC2. The first-order chi connectivity index (χ1) is 7.97. The van der Waals surface area contributed by atoms with E-state index in [9.17, 15) is 4.79 Å². The smallest absolute Gasteiger partial charge is 0.340 e. The van der Waals surface area contributed by atoms with Gasteiger partial charge in [0.1, 0.15) is 5.60 Å². The second-order valence-corrected chi connectivity index (χ2v) is 5.25. The number of fused-ring (bicyclic) bond motifs is 1. The van der Waals surface area contributed by atoms with Crippen molar-refractivity contribution in [2.24, 2.45) is 0 Å². The van der Waals surface area contributed by atoms with Crippen LogP contribution in [0.15, 0.2) is 12.4 Å². The highest BCUT2D eigenvalue weighted by Crippen LogP contribution is 2.20. The summed E-state index contributed by atoms with van der Waals surface area (Å²) in [5, 5.41) is 3.26. The van der Waals surface area contributed by atoms with Gasteiger partial charge in [0, 0.05) is 18.9 Å². The number of carbonyl (C=O) groups is 1. The Balaban J connectivity index is 2.29. The molecule has 0 aromatic carbocycles. The van der Waals surface area contributed by atoms with Crippen molar-refractivity contribution in [2.45, 2.75) is 39.3 Å². The first kappa shape index (κ1) is 12.0. The van der Waals surface area contributed by atoms with E-state index in [0.29, 0.717) is 12.1 Å². The van der Waals surface area contributed by atoms with Crippen molar-refractivity contribution in [2.75, 3.05) is 6.54 Å². The van der Waals surface area contributed by atoms with Crippen molar-refractivity contribution in [1.29, 1.82) is 0 Å². The van der Waals surface area contributed by atoms with Crippen LogP contribution in [0.1, 0.15) is 42.3 Å². The lowest BCUT2D eigenvalue weighted by Gasteiger charge is -2.23. The summed E-state index contributed by atoms with van der Waals surface area (Å²) in [5.41, 5.74) is 2.29. The molecule has 1 aliphatic rings. The lowest BCUT2D eigenvalue weighted by molar-refractivity contribution is 0.00674. The van der Waals surface area contributed by atoms with Gasteiger partial charge >= 0.3 is 5.97 Å². The first-order valence-corrected chi connectivity index (χ1v) is 5.87. The summed E-state index contributed by atoms with van der Waals surface area (Å²) in [6.45, 7) is 7.25. The highest BCUT2D eigenvalue weighted by Gasteiger charge is 2.23. The predicted octanol–water partition coefficient (Wildman–Crippen LogP) is 1.68. The average Bonchev–Trinajstić information content (AvgIpc) is 2.26. The van der Waals surface area contributed by atoms with E-state index >= 15 is 0 Å². The van der Waals surface area contributed by atoms with E-state index in [1.165, 1.54) is 0 Å². The Morgan fingerprint density at radius 3 is 2.88 bits per heavy atom. The van der Waals surface area contributed by atoms with Gasteiger partial charge in [-0.2, -0.15) is 0 Å². The maximum Gasteiger partial charge on any atom is 0.340 e. The van der Waals surface area contributed by atoms with E-state index in [2.05, 4.69) is 10.3 Å². The van der Waals surface area contributed by atoms with Gasteiger partial charge in [-0.15, -0.1) is 0 Å². The van der Waals surface area contributed by atoms with Crippen molar-refractivity contribution < 1.29 is 9.53 Å². The van der Waals surface area contributed by atoms with Crippen molar-refractivity contribution in [1.82, 2.24) is 10.3 Å². The Morgan fingerprint density at radius 2 is 2.18 bits per heavy atom. The van der Waals surface area contributed by atoms with Crippen LogP contribution in [0.5, 0.6) is 0 Å². The van der Waals surface area contributed by atoms with Gasteiger partial charge in [0.25, 0.3) is 0 Å². The third-order valence-corrected chi connectivity index (χ3v) is 2.64. The van der Waals surface area contributed by atoms with Crippen molar-refractivity contribution in [3.63, 3.8) is 0 Å². The van der Waals surface area contributed by atoms with Gasteiger partial charge < -0.3 is 10.1 Å². The number of nitrogens with zero attached hydrogens (tertiary/aromatic N) is 1. The van der Waals surface area contributed by atoms with Crippen LogP contribution in [-0.2, 0) is 17.7 Å². The second kappa shape index (κ2) is 4.45. The summed E-state index contributed by atoms with van der Waals surface area (Å²) in [7, 11) is 0. The van der Waals surface area contributed by atoms with Gasteiger partial charge in [-0.3, -0.25) is 4.98 Å². The first-order valence-electron chi connectivity index (χ1n) is 5.87. The molecule has 17 heavy (non-hydrogen) atoms. The summed E-state index contributed by atoms with van der Waals surface area (Å²) in [4.78, 5) is 16.2. The van der Waals surface area contributed by atoms with Gasteiger partial charge in [-0.1, -0.05) is 0 Å². The number of rotatable bonds is 1. The fraction of sp³-hybridized carbons (Fsp3) is 0.538. The molecule has 0 bridgehead atoms. The molecule has 2 rings (SSSR count). The molecule has 4 nitrogen and oxygen atoms in total. The molecule has 1 aromatic heterocycles. The zero-order valence-electron chi connectivity index (χ0n) is 10.5. The standard InChI is InChI=1S/C13H18N2O2/c1-13(2,3)17-12(16)11-8-15-6-9-4-5-14-7-10(9)11/h6,8,14H,4-5,7H2,1-3H3. The molecule has 0 atom stereocenters. The summed E-state index contributed by atoms with van der Waals surface area (Å²) >= 11 is 0. The van der Waals surface area contributed by atoms with Crippen LogP contribution in [0.3, 0.4) is 0 Å². The lowest BCUT2D eigenvalue weighted by atomic mass is 9.99. The van der Waals surface area contributed by atoms with Crippen molar-refractivity contribution in [3.8, 4) is 0 Å². The molecule has 0 amide bonds. The molecule has 0 saturated heterocycles. The lowest BCUT2D eigenvalue weighted by Crippen LogP contribution is -2.29. The van der Waals surface area contributed by atoms with Crippen LogP contribution >= 0.6 is 0 Å². The predicted molar refractivity (Wildman–Crippen MR) is 64.8 cm³/mol. The molecule has 0 radical (unpaired) electrons. The zero-order valence-corrected chi connectivity index (χ0v) is 10.5. The van der Waals surface area contributed by atoms with E-state index < -0.39 is 5.60 Å². The molecule has 1 aromatic rings. The Kier molecular flexibility index (Phi) is 3.15. The summed E-state index contributed by atoms with van der Waals surface area (Å²) in [6, 6.07) is 0. The van der Waals surface area contributed by atoms with E-state index in [-0.39, 0.29) is 5.97 Å². The van der Waals surface area contributed by atoms with Gasteiger partial charge in [0.15, 0.2) is 0 Å². The van der Waals surface area contributed by atoms with Gasteiger partial charge in [-0.05, 0) is 44.9 Å². The molecule has 4 heteroatoms. The van der Waals surface area contributed by atoms with Crippen LogP contribution in [0.25, 0.3) is 0 Å². The molecular formula is C13H18N2O2. The Hall–Kier alpha value is -1.42. The summed E-state index contributed by atoms with van der Waals surface area (Å²) in [5.74, 6) is -0.287. The topological polar surface area (TPSA) is 51.2 Å². The third-order valence-electron chi connectivity index (χ3n) is 2.64. The number of ether oxygens (including phenoxy) is 1. The normalized spacial score (nSPS) is 15.2. The number of carbonyl (C=O) groups excluding carboxylic acids is 1. The minimum atomic E-state index is -0.470. The largest absolute Gasteiger partial charge is 0.456 e. The number of aromatic nitrogens is 1. The molecule has 2 heterocycles. The van der Waals surface area contributed by atoms with E-state index in [0.717, 1.165) is 24.1 Å². The molecule has 92 valence electrons. The Bertz CT molecular complexity index is 436. The maximum absolute atomic E-state index is 12.0. The third kappa shape index (κ3) is 2.82. The van der Waals surface area contributed by atoms with E-state index in [1.54, 1.807) is 6.20 Å².